The topological polar surface area (TPSA) is 98.5 Å². The lowest BCUT2D eigenvalue weighted by Gasteiger charge is -2.23. The van der Waals surface area contributed by atoms with Crippen LogP contribution in [0.1, 0.15) is 18.4 Å². The molecule has 1 fully saturated rings. The smallest absolute Gasteiger partial charge is 0.273 e. The van der Waals surface area contributed by atoms with Crippen molar-refractivity contribution >= 4 is 27.3 Å². The van der Waals surface area contributed by atoms with Crippen LogP contribution in [0.15, 0.2) is 17.0 Å². The lowest BCUT2D eigenvalue weighted by atomic mass is 10.1. The maximum Gasteiger partial charge on any atom is 0.273 e. The number of nitro benzene ring substituents is 1. The predicted octanol–water partition coefficient (Wildman–Crippen LogP) is 2.01. The minimum Gasteiger partial charge on any atom is -0.380 e. The molecule has 1 heterocycles. The SMILES string of the molecule is Cc1cc(Cl)c(S(=O)(=O)N[C@@H]2CCCOC2)cc1[N+](=O)[O-]. The number of benzene rings is 1. The van der Waals surface area contributed by atoms with Crippen LogP contribution >= 0.6 is 11.6 Å². The van der Waals surface area contributed by atoms with Gasteiger partial charge in [0.05, 0.1) is 16.6 Å². The molecule has 1 saturated heterocycles. The molecule has 1 aromatic carbocycles. The molecule has 0 aromatic heterocycles. The highest BCUT2D eigenvalue weighted by molar-refractivity contribution is 7.89. The summed E-state index contributed by atoms with van der Waals surface area (Å²) in [4.78, 5) is 10.0. The van der Waals surface area contributed by atoms with Crippen molar-refractivity contribution in [2.24, 2.45) is 0 Å². The van der Waals surface area contributed by atoms with E-state index in [1.807, 2.05) is 0 Å². The summed E-state index contributed by atoms with van der Waals surface area (Å²) < 4.78 is 32.4. The Hall–Kier alpha value is -1.22. The van der Waals surface area contributed by atoms with Gasteiger partial charge in [-0.3, -0.25) is 10.1 Å². The predicted molar refractivity (Wildman–Crippen MR) is 77.0 cm³/mol. The first-order valence-corrected chi connectivity index (χ1v) is 8.22. The van der Waals surface area contributed by atoms with Gasteiger partial charge < -0.3 is 4.74 Å². The normalized spacial score (nSPS) is 19.4. The molecule has 0 saturated carbocycles. The molecule has 1 aliphatic heterocycles. The first-order chi connectivity index (χ1) is 9.81. The monoisotopic (exact) mass is 334 g/mol. The Labute approximate surface area is 127 Å². The number of sulfonamides is 1. The molecule has 0 aliphatic carbocycles. The first kappa shape index (κ1) is 16.2. The largest absolute Gasteiger partial charge is 0.380 e. The van der Waals surface area contributed by atoms with Crippen molar-refractivity contribution in [1.29, 1.82) is 0 Å². The van der Waals surface area contributed by atoms with Crippen LogP contribution in [0.2, 0.25) is 5.02 Å². The Balaban J connectivity index is 2.34. The molecule has 116 valence electrons. The van der Waals surface area contributed by atoms with Crippen LogP contribution in [-0.2, 0) is 14.8 Å². The quantitative estimate of drug-likeness (QED) is 0.670. The van der Waals surface area contributed by atoms with Crippen LogP contribution in [-0.4, -0.2) is 32.6 Å². The number of nitro groups is 1. The zero-order chi connectivity index (χ0) is 15.6. The van der Waals surface area contributed by atoms with Gasteiger partial charge in [0.2, 0.25) is 10.0 Å². The summed E-state index contributed by atoms with van der Waals surface area (Å²) in [5.74, 6) is 0. The molecule has 1 aromatic rings. The maximum atomic E-state index is 12.3. The molecular weight excluding hydrogens is 320 g/mol. The van der Waals surface area contributed by atoms with Crippen LogP contribution in [0, 0.1) is 17.0 Å². The second-order valence-corrected chi connectivity index (χ2v) is 6.95. The average Bonchev–Trinajstić information content (AvgIpc) is 2.38. The van der Waals surface area contributed by atoms with Crippen molar-refractivity contribution in [3.8, 4) is 0 Å². The van der Waals surface area contributed by atoms with Crippen LogP contribution in [0.5, 0.6) is 0 Å². The van der Waals surface area contributed by atoms with Crippen molar-refractivity contribution in [3.63, 3.8) is 0 Å². The van der Waals surface area contributed by atoms with Crippen LogP contribution in [0.3, 0.4) is 0 Å². The Kier molecular flexibility index (Phi) is 4.82. The highest BCUT2D eigenvalue weighted by atomic mass is 35.5. The minimum absolute atomic E-state index is 0.0395. The molecule has 21 heavy (non-hydrogen) atoms. The van der Waals surface area contributed by atoms with Crippen molar-refractivity contribution in [3.05, 3.63) is 32.8 Å². The number of aryl methyl sites for hydroxylation is 1. The molecule has 0 unspecified atom stereocenters. The third-order valence-electron chi connectivity index (χ3n) is 3.22. The van der Waals surface area contributed by atoms with Gasteiger partial charge in [-0.25, -0.2) is 13.1 Å². The fourth-order valence-electron chi connectivity index (χ4n) is 2.16. The molecule has 0 amide bonds. The van der Waals surface area contributed by atoms with E-state index in [1.165, 1.54) is 13.0 Å². The van der Waals surface area contributed by atoms with Crippen LogP contribution in [0.4, 0.5) is 5.69 Å². The Morgan fingerprint density at radius 3 is 2.76 bits per heavy atom. The van der Waals surface area contributed by atoms with Crippen molar-refractivity contribution < 1.29 is 18.1 Å². The number of hydrogen-bond donors (Lipinski definition) is 1. The molecule has 2 rings (SSSR count). The van der Waals surface area contributed by atoms with E-state index < -0.39 is 14.9 Å². The first-order valence-electron chi connectivity index (χ1n) is 6.36. The van der Waals surface area contributed by atoms with Crippen LogP contribution in [0.25, 0.3) is 0 Å². The van der Waals surface area contributed by atoms with E-state index in [2.05, 4.69) is 4.72 Å². The number of rotatable bonds is 4. The second-order valence-electron chi connectivity index (χ2n) is 4.86. The van der Waals surface area contributed by atoms with Gasteiger partial charge in [0.1, 0.15) is 4.90 Å². The number of halogens is 1. The van der Waals surface area contributed by atoms with Crippen molar-refractivity contribution in [2.45, 2.75) is 30.7 Å². The second kappa shape index (κ2) is 6.27. The Morgan fingerprint density at radius 1 is 1.48 bits per heavy atom. The van der Waals surface area contributed by atoms with Gasteiger partial charge in [-0.15, -0.1) is 0 Å². The number of hydrogen-bond acceptors (Lipinski definition) is 5. The molecule has 1 atom stereocenters. The summed E-state index contributed by atoms with van der Waals surface area (Å²) in [7, 11) is -3.93. The molecule has 1 aliphatic rings. The summed E-state index contributed by atoms with van der Waals surface area (Å²) in [6.07, 6.45) is 1.42. The van der Waals surface area contributed by atoms with Gasteiger partial charge in [0.25, 0.3) is 5.69 Å². The molecule has 0 bridgehead atoms. The van der Waals surface area contributed by atoms with E-state index in [4.69, 9.17) is 16.3 Å². The zero-order valence-electron chi connectivity index (χ0n) is 11.3. The summed E-state index contributed by atoms with van der Waals surface area (Å²) in [5, 5.41) is 10.9. The van der Waals surface area contributed by atoms with E-state index in [9.17, 15) is 18.5 Å². The number of nitrogens with zero attached hydrogens (tertiary/aromatic N) is 1. The molecular formula is C12H15ClN2O5S. The van der Waals surface area contributed by atoms with Crippen molar-refractivity contribution in [1.82, 2.24) is 4.72 Å². The van der Waals surface area contributed by atoms with Gasteiger partial charge in [-0.2, -0.15) is 0 Å². The zero-order valence-corrected chi connectivity index (χ0v) is 12.9. The lowest BCUT2D eigenvalue weighted by molar-refractivity contribution is -0.385. The Morgan fingerprint density at radius 2 is 2.19 bits per heavy atom. The third kappa shape index (κ3) is 3.70. The van der Waals surface area contributed by atoms with E-state index in [-0.39, 0.29) is 28.3 Å². The molecule has 1 N–H and O–H groups in total. The maximum absolute atomic E-state index is 12.3. The number of ether oxygens (including phenoxy) is 1. The van der Waals surface area contributed by atoms with E-state index in [1.54, 1.807) is 0 Å². The lowest BCUT2D eigenvalue weighted by Crippen LogP contribution is -2.40. The molecule has 0 radical (unpaired) electrons. The fourth-order valence-corrected chi connectivity index (χ4v) is 4.02. The third-order valence-corrected chi connectivity index (χ3v) is 5.20. The summed E-state index contributed by atoms with van der Waals surface area (Å²) in [6.45, 7) is 2.39. The fraction of sp³-hybridized carbons (Fsp3) is 0.500. The highest BCUT2D eigenvalue weighted by Gasteiger charge is 2.27. The van der Waals surface area contributed by atoms with Gasteiger partial charge in [0, 0.05) is 24.3 Å². The van der Waals surface area contributed by atoms with Crippen molar-refractivity contribution in [2.75, 3.05) is 13.2 Å². The van der Waals surface area contributed by atoms with E-state index >= 15 is 0 Å². The van der Waals surface area contributed by atoms with Gasteiger partial charge in [-0.1, -0.05) is 11.6 Å². The number of nitrogens with one attached hydrogen (secondary N) is 1. The standard InChI is InChI=1S/C12H15ClN2O5S/c1-8-5-10(13)12(6-11(8)15(16)17)21(18,19)14-9-3-2-4-20-7-9/h5-6,9,14H,2-4,7H2,1H3/t9-/m1/s1. The highest BCUT2D eigenvalue weighted by Crippen LogP contribution is 2.30. The van der Waals surface area contributed by atoms with Crippen LogP contribution < -0.4 is 4.72 Å². The summed E-state index contributed by atoms with van der Waals surface area (Å²) in [6, 6.07) is 1.93. The summed E-state index contributed by atoms with van der Waals surface area (Å²) in [5.41, 5.74) is 0.0321. The summed E-state index contributed by atoms with van der Waals surface area (Å²) >= 11 is 5.94. The van der Waals surface area contributed by atoms with E-state index in [0.29, 0.717) is 18.6 Å². The Bertz CT molecular complexity index is 656. The molecule has 0 spiro atoms. The molecule has 9 heteroatoms. The average molecular weight is 335 g/mol. The molecule has 7 nitrogen and oxygen atoms in total. The minimum atomic E-state index is -3.93. The van der Waals surface area contributed by atoms with Gasteiger partial charge >= 0.3 is 0 Å². The van der Waals surface area contributed by atoms with Gasteiger partial charge in [-0.05, 0) is 25.8 Å². The van der Waals surface area contributed by atoms with E-state index in [0.717, 1.165) is 12.5 Å². The van der Waals surface area contributed by atoms with Gasteiger partial charge in [0.15, 0.2) is 0 Å².